The van der Waals surface area contributed by atoms with Crippen molar-refractivity contribution in [2.45, 2.75) is 6.92 Å². The first-order valence-corrected chi connectivity index (χ1v) is 6.58. The maximum atomic E-state index is 12.5. The average Bonchev–Trinajstić information content (AvgIpc) is 2.98. The minimum atomic E-state index is -0.768. The summed E-state index contributed by atoms with van der Waals surface area (Å²) in [7, 11) is 0. The van der Waals surface area contributed by atoms with Crippen LogP contribution in [0.4, 0.5) is 10.5 Å². The lowest BCUT2D eigenvalue weighted by Gasteiger charge is -2.26. The van der Waals surface area contributed by atoms with Crippen molar-refractivity contribution in [2.75, 3.05) is 4.90 Å². The zero-order chi connectivity index (χ0) is 15.7. The number of rotatable bonds is 2. The van der Waals surface area contributed by atoms with Crippen LogP contribution in [0.1, 0.15) is 11.3 Å². The summed E-state index contributed by atoms with van der Waals surface area (Å²) in [6.45, 7) is 1.90. The summed E-state index contributed by atoms with van der Waals surface area (Å²) < 4.78 is 5.10. The summed E-state index contributed by atoms with van der Waals surface area (Å²) in [5, 5.41) is 2.15. The second-order valence-electron chi connectivity index (χ2n) is 4.81. The SMILES string of the molecule is Cc1ccc(N2C(=O)NC(=O)C(=Cc3ccco3)C2=O)cc1. The van der Waals surface area contributed by atoms with E-state index in [1.54, 1.807) is 36.4 Å². The fourth-order valence-corrected chi connectivity index (χ4v) is 2.10. The number of amides is 4. The lowest BCUT2D eigenvalue weighted by molar-refractivity contribution is -0.122. The Balaban J connectivity index is 2.01. The number of aryl methyl sites for hydroxylation is 1. The number of furan rings is 1. The van der Waals surface area contributed by atoms with Gasteiger partial charge in [0.05, 0.1) is 12.0 Å². The van der Waals surface area contributed by atoms with Crippen LogP contribution >= 0.6 is 0 Å². The molecule has 1 N–H and O–H groups in total. The van der Waals surface area contributed by atoms with Crippen molar-refractivity contribution in [1.82, 2.24) is 5.32 Å². The number of imide groups is 2. The van der Waals surface area contributed by atoms with Gasteiger partial charge in [-0.15, -0.1) is 0 Å². The van der Waals surface area contributed by atoms with E-state index in [-0.39, 0.29) is 5.57 Å². The van der Waals surface area contributed by atoms with Gasteiger partial charge in [0.25, 0.3) is 11.8 Å². The number of hydrogen-bond acceptors (Lipinski definition) is 4. The molecule has 22 heavy (non-hydrogen) atoms. The van der Waals surface area contributed by atoms with E-state index in [9.17, 15) is 14.4 Å². The van der Waals surface area contributed by atoms with Crippen molar-refractivity contribution < 1.29 is 18.8 Å². The topological polar surface area (TPSA) is 79.6 Å². The van der Waals surface area contributed by atoms with Gasteiger partial charge in [-0.2, -0.15) is 0 Å². The molecule has 1 saturated heterocycles. The minimum Gasteiger partial charge on any atom is -0.465 e. The van der Waals surface area contributed by atoms with Gasteiger partial charge in [0.1, 0.15) is 11.3 Å². The maximum absolute atomic E-state index is 12.5. The zero-order valence-electron chi connectivity index (χ0n) is 11.7. The molecular formula is C16H12N2O4. The molecule has 0 radical (unpaired) electrons. The Morgan fingerprint density at radius 2 is 1.82 bits per heavy atom. The summed E-state index contributed by atoms with van der Waals surface area (Å²) in [5.74, 6) is -1.07. The van der Waals surface area contributed by atoms with Crippen molar-refractivity contribution in [3.05, 3.63) is 59.6 Å². The van der Waals surface area contributed by atoms with Gasteiger partial charge >= 0.3 is 6.03 Å². The summed E-state index contributed by atoms with van der Waals surface area (Å²) in [5.41, 5.74) is 1.23. The molecule has 1 aliphatic rings. The first-order chi connectivity index (χ1) is 10.6. The van der Waals surface area contributed by atoms with Gasteiger partial charge in [-0.3, -0.25) is 14.9 Å². The molecule has 6 nitrogen and oxygen atoms in total. The average molecular weight is 296 g/mol. The van der Waals surface area contributed by atoms with E-state index in [2.05, 4.69) is 5.32 Å². The molecule has 0 spiro atoms. The quantitative estimate of drug-likeness (QED) is 0.681. The van der Waals surface area contributed by atoms with Crippen LogP contribution in [0.2, 0.25) is 0 Å². The number of hydrogen-bond donors (Lipinski definition) is 1. The van der Waals surface area contributed by atoms with E-state index in [1.807, 2.05) is 6.92 Å². The minimum absolute atomic E-state index is 0.157. The molecule has 0 aliphatic carbocycles. The number of urea groups is 1. The number of carbonyl (C=O) groups excluding carboxylic acids is 3. The lowest BCUT2D eigenvalue weighted by atomic mass is 10.1. The molecule has 0 bridgehead atoms. The number of carbonyl (C=O) groups is 3. The smallest absolute Gasteiger partial charge is 0.335 e. The van der Waals surface area contributed by atoms with Crippen LogP contribution in [0.5, 0.6) is 0 Å². The van der Waals surface area contributed by atoms with Crippen LogP contribution in [0.25, 0.3) is 6.08 Å². The van der Waals surface area contributed by atoms with Crippen LogP contribution in [-0.2, 0) is 9.59 Å². The summed E-state index contributed by atoms with van der Waals surface area (Å²) in [6.07, 6.45) is 2.74. The number of nitrogens with zero attached hydrogens (tertiary/aromatic N) is 1. The molecule has 4 amide bonds. The number of barbiturate groups is 1. The Hall–Kier alpha value is -3.15. The number of benzene rings is 1. The zero-order valence-corrected chi connectivity index (χ0v) is 11.7. The van der Waals surface area contributed by atoms with Gasteiger partial charge < -0.3 is 4.42 Å². The van der Waals surface area contributed by atoms with E-state index in [0.29, 0.717) is 11.4 Å². The molecule has 2 aromatic rings. The van der Waals surface area contributed by atoms with E-state index >= 15 is 0 Å². The normalized spacial score (nSPS) is 17.0. The third-order valence-corrected chi connectivity index (χ3v) is 3.22. The molecule has 0 saturated carbocycles. The molecule has 0 unspecified atom stereocenters. The third kappa shape index (κ3) is 2.42. The first kappa shape index (κ1) is 13.8. The fourth-order valence-electron chi connectivity index (χ4n) is 2.10. The summed E-state index contributed by atoms with van der Waals surface area (Å²) >= 11 is 0. The van der Waals surface area contributed by atoms with Crippen LogP contribution in [0.15, 0.2) is 52.7 Å². The largest absolute Gasteiger partial charge is 0.465 e. The van der Waals surface area contributed by atoms with E-state index in [4.69, 9.17) is 4.42 Å². The Morgan fingerprint density at radius 3 is 2.45 bits per heavy atom. The molecule has 2 heterocycles. The third-order valence-electron chi connectivity index (χ3n) is 3.22. The van der Waals surface area contributed by atoms with Crippen LogP contribution in [0.3, 0.4) is 0 Å². The highest BCUT2D eigenvalue weighted by atomic mass is 16.3. The monoisotopic (exact) mass is 296 g/mol. The van der Waals surface area contributed by atoms with E-state index in [0.717, 1.165) is 10.5 Å². The second kappa shape index (κ2) is 5.33. The predicted octanol–water partition coefficient (Wildman–Crippen LogP) is 2.25. The molecule has 0 atom stereocenters. The molecule has 3 rings (SSSR count). The highest BCUT2D eigenvalue weighted by molar-refractivity contribution is 6.39. The molecule has 1 aliphatic heterocycles. The Labute approximate surface area is 126 Å². The van der Waals surface area contributed by atoms with Gasteiger partial charge in [0.2, 0.25) is 0 Å². The maximum Gasteiger partial charge on any atom is 0.335 e. The van der Waals surface area contributed by atoms with Gasteiger partial charge in [0.15, 0.2) is 0 Å². The first-order valence-electron chi connectivity index (χ1n) is 6.58. The number of nitrogens with one attached hydrogen (secondary N) is 1. The lowest BCUT2D eigenvalue weighted by Crippen LogP contribution is -2.54. The summed E-state index contributed by atoms with van der Waals surface area (Å²) in [6, 6.07) is 9.33. The molecule has 1 aromatic carbocycles. The summed E-state index contributed by atoms with van der Waals surface area (Å²) in [4.78, 5) is 37.3. The standard InChI is InChI=1S/C16H12N2O4/c1-10-4-6-11(7-5-10)18-15(20)13(14(19)17-16(18)21)9-12-3-2-8-22-12/h2-9H,1H3,(H,17,19,21). The van der Waals surface area contributed by atoms with E-state index in [1.165, 1.54) is 12.3 Å². The van der Waals surface area contributed by atoms with Crippen LogP contribution in [-0.4, -0.2) is 17.8 Å². The molecule has 1 fully saturated rings. The van der Waals surface area contributed by atoms with E-state index < -0.39 is 17.8 Å². The Bertz CT molecular complexity index is 773. The molecule has 1 aromatic heterocycles. The van der Waals surface area contributed by atoms with Gasteiger partial charge in [-0.05, 0) is 37.3 Å². The molecule has 6 heteroatoms. The fraction of sp³-hybridized carbons (Fsp3) is 0.0625. The Morgan fingerprint density at radius 1 is 1.09 bits per heavy atom. The second-order valence-corrected chi connectivity index (χ2v) is 4.81. The van der Waals surface area contributed by atoms with Crippen molar-refractivity contribution in [1.29, 1.82) is 0 Å². The van der Waals surface area contributed by atoms with Crippen molar-refractivity contribution in [2.24, 2.45) is 0 Å². The molecular weight excluding hydrogens is 284 g/mol. The highest BCUT2D eigenvalue weighted by Crippen LogP contribution is 2.22. The van der Waals surface area contributed by atoms with Crippen LogP contribution in [0, 0.1) is 6.92 Å². The number of anilines is 1. The molecule has 110 valence electrons. The Kier molecular flexibility index (Phi) is 3.34. The van der Waals surface area contributed by atoms with Gasteiger partial charge in [-0.25, -0.2) is 9.69 Å². The van der Waals surface area contributed by atoms with Gasteiger partial charge in [0, 0.05) is 0 Å². The predicted molar refractivity (Wildman–Crippen MR) is 78.9 cm³/mol. The van der Waals surface area contributed by atoms with Crippen molar-refractivity contribution in [3.63, 3.8) is 0 Å². The van der Waals surface area contributed by atoms with Crippen LogP contribution < -0.4 is 10.2 Å². The van der Waals surface area contributed by atoms with Gasteiger partial charge in [-0.1, -0.05) is 17.7 Å². The highest BCUT2D eigenvalue weighted by Gasteiger charge is 2.36. The van der Waals surface area contributed by atoms with Crippen molar-refractivity contribution >= 4 is 29.6 Å². The van der Waals surface area contributed by atoms with Crippen molar-refractivity contribution in [3.8, 4) is 0 Å².